The standard InChI is InChI=1S/C9H19N3O/c1-9(2)6(5-7(9)13-4)12-8(10)11-3/h6-7H,5H2,1-4H3,(H3,10,11,12). The van der Waals surface area contributed by atoms with Gasteiger partial charge in [-0.2, -0.15) is 0 Å². The third-order valence-corrected chi connectivity index (χ3v) is 3.03. The molecule has 2 unspecified atom stereocenters. The van der Waals surface area contributed by atoms with E-state index in [9.17, 15) is 0 Å². The lowest BCUT2D eigenvalue weighted by atomic mass is 9.64. The Labute approximate surface area is 79.6 Å². The summed E-state index contributed by atoms with van der Waals surface area (Å²) < 4.78 is 5.33. The smallest absolute Gasteiger partial charge is 0.188 e. The lowest BCUT2D eigenvalue weighted by Crippen LogP contribution is -2.62. The fraction of sp³-hybridized carbons (Fsp3) is 0.889. The summed E-state index contributed by atoms with van der Waals surface area (Å²) >= 11 is 0. The molecule has 0 heterocycles. The number of methoxy groups -OCH3 is 1. The molecular formula is C9H19N3O. The maximum absolute atomic E-state index is 5.59. The summed E-state index contributed by atoms with van der Waals surface area (Å²) in [5, 5.41) is 3.17. The van der Waals surface area contributed by atoms with E-state index in [0.29, 0.717) is 18.1 Å². The zero-order valence-corrected chi connectivity index (χ0v) is 8.79. The van der Waals surface area contributed by atoms with Crippen LogP contribution in [-0.2, 0) is 4.74 Å². The molecule has 0 bridgehead atoms. The molecule has 0 saturated heterocycles. The van der Waals surface area contributed by atoms with Gasteiger partial charge in [-0.3, -0.25) is 4.99 Å². The van der Waals surface area contributed by atoms with Crippen LogP contribution in [0.15, 0.2) is 4.99 Å². The maximum atomic E-state index is 5.59. The number of ether oxygens (including phenoxy) is 1. The van der Waals surface area contributed by atoms with E-state index in [2.05, 4.69) is 24.2 Å². The molecule has 0 aromatic heterocycles. The summed E-state index contributed by atoms with van der Waals surface area (Å²) in [7, 11) is 3.43. The molecule has 2 atom stereocenters. The van der Waals surface area contributed by atoms with Gasteiger partial charge in [0, 0.05) is 25.6 Å². The molecule has 1 rings (SSSR count). The Balaban J connectivity index is 2.49. The van der Waals surface area contributed by atoms with Crippen LogP contribution in [0.4, 0.5) is 0 Å². The monoisotopic (exact) mass is 185 g/mol. The number of hydrogen-bond acceptors (Lipinski definition) is 2. The molecule has 0 radical (unpaired) electrons. The van der Waals surface area contributed by atoms with Gasteiger partial charge in [0.2, 0.25) is 0 Å². The van der Waals surface area contributed by atoms with Crippen LogP contribution in [0.25, 0.3) is 0 Å². The minimum Gasteiger partial charge on any atom is -0.381 e. The van der Waals surface area contributed by atoms with Crippen molar-refractivity contribution in [1.29, 1.82) is 0 Å². The van der Waals surface area contributed by atoms with Crippen LogP contribution in [0.3, 0.4) is 0 Å². The lowest BCUT2D eigenvalue weighted by Gasteiger charge is -2.51. The average molecular weight is 185 g/mol. The first-order valence-electron chi connectivity index (χ1n) is 4.54. The second kappa shape index (κ2) is 3.54. The highest BCUT2D eigenvalue weighted by atomic mass is 16.5. The molecule has 76 valence electrons. The van der Waals surface area contributed by atoms with Crippen LogP contribution >= 0.6 is 0 Å². The van der Waals surface area contributed by atoms with Gasteiger partial charge in [-0.1, -0.05) is 13.8 Å². The molecule has 1 aliphatic carbocycles. The molecule has 13 heavy (non-hydrogen) atoms. The van der Waals surface area contributed by atoms with E-state index >= 15 is 0 Å². The van der Waals surface area contributed by atoms with Crippen LogP contribution in [0.2, 0.25) is 0 Å². The molecule has 0 spiro atoms. The van der Waals surface area contributed by atoms with Crippen molar-refractivity contribution in [2.45, 2.75) is 32.4 Å². The van der Waals surface area contributed by atoms with Gasteiger partial charge in [-0.25, -0.2) is 0 Å². The summed E-state index contributed by atoms with van der Waals surface area (Å²) in [5.74, 6) is 0.507. The van der Waals surface area contributed by atoms with Gasteiger partial charge < -0.3 is 15.8 Å². The number of hydrogen-bond donors (Lipinski definition) is 2. The molecule has 0 amide bonds. The number of rotatable bonds is 2. The number of nitrogens with two attached hydrogens (primary N) is 1. The van der Waals surface area contributed by atoms with Crippen molar-refractivity contribution in [2.24, 2.45) is 16.1 Å². The number of nitrogens with zero attached hydrogens (tertiary/aromatic N) is 1. The topological polar surface area (TPSA) is 59.6 Å². The van der Waals surface area contributed by atoms with E-state index in [1.54, 1.807) is 14.2 Å². The Bertz CT molecular complexity index is 213. The predicted molar refractivity (Wildman–Crippen MR) is 53.7 cm³/mol. The van der Waals surface area contributed by atoms with E-state index in [1.807, 2.05) is 0 Å². The normalized spacial score (nSPS) is 32.5. The highest BCUT2D eigenvalue weighted by Crippen LogP contribution is 2.42. The van der Waals surface area contributed by atoms with E-state index in [4.69, 9.17) is 10.5 Å². The van der Waals surface area contributed by atoms with Gasteiger partial charge in [0.05, 0.1) is 6.10 Å². The summed E-state index contributed by atoms with van der Waals surface area (Å²) in [6.45, 7) is 4.34. The Hall–Kier alpha value is -0.770. The molecule has 0 aliphatic heterocycles. The summed E-state index contributed by atoms with van der Waals surface area (Å²) in [4.78, 5) is 3.87. The number of guanidine groups is 1. The predicted octanol–water partition coefficient (Wildman–Crippen LogP) is 0.334. The first kappa shape index (κ1) is 10.3. The molecule has 4 nitrogen and oxygen atoms in total. The van der Waals surface area contributed by atoms with E-state index in [1.165, 1.54) is 0 Å². The second-order valence-electron chi connectivity index (χ2n) is 4.09. The molecule has 0 aromatic rings. The van der Waals surface area contributed by atoms with Gasteiger partial charge in [0.1, 0.15) is 0 Å². The van der Waals surface area contributed by atoms with Crippen LogP contribution in [0.1, 0.15) is 20.3 Å². The van der Waals surface area contributed by atoms with Crippen molar-refractivity contribution >= 4 is 5.96 Å². The second-order valence-corrected chi connectivity index (χ2v) is 4.09. The first-order chi connectivity index (χ1) is 6.02. The summed E-state index contributed by atoms with van der Waals surface area (Å²) in [6, 6.07) is 0.376. The van der Waals surface area contributed by atoms with Gasteiger partial charge in [-0.15, -0.1) is 0 Å². The van der Waals surface area contributed by atoms with Crippen molar-refractivity contribution in [3.8, 4) is 0 Å². The van der Waals surface area contributed by atoms with Crippen molar-refractivity contribution in [3.05, 3.63) is 0 Å². The highest BCUT2D eigenvalue weighted by molar-refractivity contribution is 5.78. The largest absolute Gasteiger partial charge is 0.381 e. The summed E-state index contributed by atoms with van der Waals surface area (Å²) in [5.41, 5.74) is 5.73. The fourth-order valence-corrected chi connectivity index (χ4v) is 1.77. The van der Waals surface area contributed by atoms with Gasteiger partial charge >= 0.3 is 0 Å². The van der Waals surface area contributed by atoms with E-state index in [-0.39, 0.29) is 5.41 Å². The maximum Gasteiger partial charge on any atom is 0.188 e. The van der Waals surface area contributed by atoms with E-state index in [0.717, 1.165) is 6.42 Å². The van der Waals surface area contributed by atoms with E-state index < -0.39 is 0 Å². The third-order valence-electron chi connectivity index (χ3n) is 3.03. The third kappa shape index (κ3) is 1.77. The lowest BCUT2D eigenvalue weighted by molar-refractivity contribution is -0.0921. The van der Waals surface area contributed by atoms with Crippen molar-refractivity contribution < 1.29 is 4.74 Å². The Morgan fingerprint density at radius 1 is 1.62 bits per heavy atom. The van der Waals surface area contributed by atoms with Gasteiger partial charge in [0.25, 0.3) is 0 Å². The Morgan fingerprint density at radius 3 is 2.62 bits per heavy atom. The quantitative estimate of drug-likeness (QED) is 0.481. The average Bonchev–Trinajstić information content (AvgIpc) is 2.10. The minimum absolute atomic E-state index is 0.143. The van der Waals surface area contributed by atoms with Crippen LogP contribution in [0, 0.1) is 5.41 Å². The van der Waals surface area contributed by atoms with Crippen LogP contribution < -0.4 is 11.1 Å². The Morgan fingerprint density at radius 2 is 2.23 bits per heavy atom. The minimum atomic E-state index is 0.143. The number of aliphatic imine (C=N–C) groups is 1. The molecule has 1 fully saturated rings. The van der Waals surface area contributed by atoms with Crippen molar-refractivity contribution in [3.63, 3.8) is 0 Å². The molecular weight excluding hydrogens is 166 g/mol. The van der Waals surface area contributed by atoms with Gasteiger partial charge in [0.15, 0.2) is 5.96 Å². The molecule has 0 aromatic carbocycles. The fourth-order valence-electron chi connectivity index (χ4n) is 1.77. The molecule has 3 N–H and O–H groups in total. The zero-order chi connectivity index (χ0) is 10.1. The first-order valence-corrected chi connectivity index (χ1v) is 4.54. The molecule has 1 saturated carbocycles. The molecule has 1 aliphatic rings. The SMILES string of the molecule is CN=C(N)NC1CC(OC)C1(C)C. The van der Waals surface area contributed by atoms with Crippen LogP contribution in [-0.4, -0.2) is 32.3 Å². The van der Waals surface area contributed by atoms with Crippen molar-refractivity contribution in [1.82, 2.24) is 5.32 Å². The Kier molecular flexibility index (Phi) is 2.81. The summed E-state index contributed by atoms with van der Waals surface area (Å²) in [6.07, 6.45) is 1.33. The van der Waals surface area contributed by atoms with Crippen molar-refractivity contribution in [2.75, 3.05) is 14.2 Å². The highest BCUT2D eigenvalue weighted by Gasteiger charge is 2.48. The number of nitrogens with one attached hydrogen (secondary N) is 1. The zero-order valence-electron chi connectivity index (χ0n) is 8.79. The van der Waals surface area contributed by atoms with Crippen LogP contribution in [0.5, 0.6) is 0 Å². The molecule has 4 heteroatoms. The van der Waals surface area contributed by atoms with Gasteiger partial charge in [-0.05, 0) is 6.42 Å².